The fourth-order valence-electron chi connectivity index (χ4n) is 3.82. The maximum Gasteiger partial charge on any atom is 0.240 e. The molecule has 8 heteroatoms. The third-order valence-corrected chi connectivity index (χ3v) is 6.76. The van der Waals surface area contributed by atoms with Gasteiger partial charge in [-0.25, -0.2) is 13.1 Å². The van der Waals surface area contributed by atoms with E-state index >= 15 is 0 Å². The largest absolute Gasteiger partial charge is 0.367 e. The summed E-state index contributed by atoms with van der Waals surface area (Å²) in [4.78, 5) is 0.286. The van der Waals surface area contributed by atoms with E-state index in [9.17, 15) is 13.5 Å². The number of sulfonamides is 1. The minimum Gasteiger partial charge on any atom is -0.367 e. The highest BCUT2D eigenvalue weighted by molar-refractivity contribution is 7.89. The van der Waals surface area contributed by atoms with E-state index in [1.54, 1.807) is 24.3 Å². The Morgan fingerprint density at radius 3 is 2.23 bits per heavy atom. The molecule has 1 fully saturated rings. The molecule has 0 radical (unpaired) electrons. The molecule has 1 aliphatic rings. The van der Waals surface area contributed by atoms with Gasteiger partial charge in [0.05, 0.1) is 17.5 Å². The standard InChI is InChI=1S/C22H39N3O4S/c1-16(2)12-18(14-24-21-10-11-29-22(21)26)23-15-19(13-17(3)4)25-30(27,28)20-8-6-5-7-9-20/h5-9,16-19,21-26H,10-15H2,1-4H3/t18-,19-,21+,22?/m1/s1. The Hall–Kier alpha value is -1.03. The molecule has 1 aliphatic heterocycles. The molecular formula is C22H39N3O4S. The maximum atomic E-state index is 12.8. The Kier molecular flexibility index (Phi) is 10.2. The van der Waals surface area contributed by atoms with E-state index in [4.69, 9.17) is 4.74 Å². The van der Waals surface area contributed by atoms with Crippen LogP contribution in [0.15, 0.2) is 35.2 Å². The summed E-state index contributed by atoms with van der Waals surface area (Å²) in [6.07, 6.45) is 1.74. The molecule has 1 unspecified atom stereocenters. The summed E-state index contributed by atoms with van der Waals surface area (Å²) in [5, 5.41) is 16.8. The summed E-state index contributed by atoms with van der Waals surface area (Å²) >= 11 is 0. The zero-order valence-corrected chi connectivity index (χ0v) is 19.5. The van der Waals surface area contributed by atoms with Crippen LogP contribution in [0, 0.1) is 11.8 Å². The lowest BCUT2D eigenvalue weighted by Crippen LogP contribution is -2.50. The molecule has 172 valence electrons. The van der Waals surface area contributed by atoms with Crippen LogP contribution in [0.5, 0.6) is 0 Å². The summed E-state index contributed by atoms with van der Waals surface area (Å²) in [6, 6.07) is 8.42. The first-order chi connectivity index (χ1) is 14.2. The van der Waals surface area contributed by atoms with E-state index in [0.717, 1.165) is 19.3 Å². The van der Waals surface area contributed by atoms with Crippen molar-refractivity contribution < 1.29 is 18.3 Å². The molecular weight excluding hydrogens is 402 g/mol. The van der Waals surface area contributed by atoms with Gasteiger partial charge in [-0.3, -0.25) is 0 Å². The van der Waals surface area contributed by atoms with Crippen LogP contribution in [-0.2, 0) is 14.8 Å². The molecule has 1 saturated heterocycles. The molecule has 0 spiro atoms. The van der Waals surface area contributed by atoms with Crippen LogP contribution in [0.1, 0.15) is 47.0 Å². The van der Waals surface area contributed by atoms with Crippen LogP contribution in [-0.4, -0.2) is 57.6 Å². The normalized spacial score (nSPS) is 22.0. The van der Waals surface area contributed by atoms with Gasteiger partial charge in [0.15, 0.2) is 6.29 Å². The van der Waals surface area contributed by atoms with Crippen molar-refractivity contribution >= 4 is 10.0 Å². The third-order valence-electron chi connectivity index (χ3n) is 5.23. The summed E-state index contributed by atoms with van der Waals surface area (Å²) in [5.74, 6) is 0.862. The van der Waals surface area contributed by atoms with Crippen molar-refractivity contribution in [1.82, 2.24) is 15.4 Å². The molecule has 30 heavy (non-hydrogen) atoms. The highest BCUT2D eigenvalue weighted by Crippen LogP contribution is 2.14. The molecule has 1 heterocycles. The monoisotopic (exact) mass is 441 g/mol. The number of ether oxygens (including phenoxy) is 1. The van der Waals surface area contributed by atoms with Gasteiger partial charge in [-0.05, 0) is 43.2 Å². The van der Waals surface area contributed by atoms with Crippen LogP contribution < -0.4 is 15.4 Å². The average molecular weight is 442 g/mol. The highest BCUT2D eigenvalue weighted by atomic mass is 32.2. The quantitative estimate of drug-likeness (QED) is 0.374. The van der Waals surface area contributed by atoms with Crippen LogP contribution in [0.3, 0.4) is 0 Å². The van der Waals surface area contributed by atoms with Crippen LogP contribution >= 0.6 is 0 Å². The number of rotatable bonds is 13. The zero-order chi connectivity index (χ0) is 22.1. The zero-order valence-electron chi connectivity index (χ0n) is 18.7. The van der Waals surface area contributed by atoms with E-state index < -0.39 is 16.3 Å². The molecule has 4 N–H and O–H groups in total. The number of aliphatic hydroxyl groups is 1. The van der Waals surface area contributed by atoms with Crippen molar-refractivity contribution in [3.63, 3.8) is 0 Å². The van der Waals surface area contributed by atoms with Gasteiger partial charge in [0.2, 0.25) is 10.0 Å². The van der Waals surface area contributed by atoms with Gasteiger partial charge < -0.3 is 20.5 Å². The fourth-order valence-corrected chi connectivity index (χ4v) is 5.09. The molecule has 0 aromatic heterocycles. The lowest BCUT2D eigenvalue weighted by molar-refractivity contribution is -0.0718. The molecule has 7 nitrogen and oxygen atoms in total. The lowest BCUT2D eigenvalue weighted by Gasteiger charge is -2.27. The van der Waals surface area contributed by atoms with E-state index in [1.165, 1.54) is 0 Å². The summed E-state index contributed by atoms with van der Waals surface area (Å²) in [7, 11) is -3.56. The Morgan fingerprint density at radius 2 is 1.67 bits per heavy atom. The molecule has 0 aliphatic carbocycles. The smallest absolute Gasteiger partial charge is 0.240 e. The van der Waals surface area contributed by atoms with Crippen molar-refractivity contribution in [2.24, 2.45) is 11.8 Å². The number of hydrogen-bond acceptors (Lipinski definition) is 6. The summed E-state index contributed by atoms with van der Waals surface area (Å²) in [6.45, 7) is 10.4. The van der Waals surface area contributed by atoms with Gasteiger partial charge in [-0.1, -0.05) is 45.9 Å². The molecule has 4 atom stereocenters. The van der Waals surface area contributed by atoms with Crippen molar-refractivity contribution in [2.45, 2.75) is 76.3 Å². The molecule has 1 aromatic rings. The molecule has 0 saturated carbocycles. The molecule has 2 rings (SSSR count). The first-order valence-corrected chi connectivity index (χ1v) is 12.5. The van der Waals surface area contributed by atoms with Gasteiger partial charge in [-0.15, -0.1) is 0 Å². The number of nitrogens with one attached hydrogen (secondary N) is 3. The minimum absolute atomic E-state index is 0.0514. The van der Waals surface area contributed by atoms with Crippen molar-refractivity contribution in [1.29, 1.82) is 0 Å². The number of aliphatic hydroxyl groups excluding tert-OH is 1. The first-order valence-electron chi connectivity index (χ1n) is 11.0. The van der Waals surface area contributed by atoms with E-state index in [0.29, 0.717) is 31.5 Å². The van der Waals surface area contributed by atoms with Crippen molar-refractivity contribution in [3.05, 3.63) is 30.3 Å². The SMILES string of the molecule is CC(C)C[C@H](CN[C@H]1CCOC1O)NC[C@@H](CC(C)C)NS(=O)(=O)c1ccccc1. The lowest BCUT2D eigenvalue weighted by atomic mass is 10.0. The third kappa shape index (κ3) is 8.61. The second kappa shape index (κ2) is 12.1. The highest BCUT2D eigenvalue weighted by Gasteiger charge is 2.27. The van der Waals surface area contributed by atoms with Gasteiger partial charge in [-0.2, -0.15) is 0 Å². The first kappa shape index (κ1) is 25.2. The maximum absolute atomic E-state index is 12.8. The second-order valence-electron chi connectivity index (χ2n) is 9.06. The summed E-state index contributed by atoms with van der Waals surface area (Å²) < 4.78 is 33.7. The Morgan fingerprint density at radius 1 is 1.03 bits per heavy atom. The van der Waals surface area contributed by atoms with E-state index in [1.807, 2.05) is 6.07 Å². The predicted octanol–water partition coefficient (Wildman–Crippen LogP) is 2.08. The number of benzene rings is 1. The van der Waals surface area contributed by atoms with Gasteiger partial charge in [0.25, 0.3) is 0 Å². The van der Waals surface area contributed by atoms with Gasteiger partial charge in [0, 0.05) is 25.2 Å². The summed E-state index contributed by atoms with van der Waals surface area (Å²) in [5.41, 5.74) is 0. The predicted molar refractivity (Wildman–Crippen MR) is 120 cm³/mol. The molecule has 0 amide bonds. The van der Waals surface area contributed by atoms with Crippen LogP contribution in [0.4, 0.5) is 0 Å². The topological polar surface area (TPSA) is 99.7 Å². The Bertz CT molecular complexity index is 712. The van der Waals surface area contributed by atoms with E-state index in [-0.39, 0.29) is 23.0 Å². The fraction of sp³-hybridized carbons (Fsp3) is 0.727. The Labute approximate surface area is 182 Å². The van der Waals surface area contributed by atoms with Gasteiger partial charge >= 0.3 is 0 Å². The average Bonchev–Trinajstić information content (AvgIpc) is 3.08. The molecule has 0 bridgehead atoms. The second-order valence-corrected chi connectivity index (χ2v) is 10.8. The van der Waals surface area contributed by atoms with Crippen molar-refractivity contribution in [3.8, 4) is 0 Å². The van der Waals surface area contributed by atoms with Crippen LogP contribution in [0.25, 0.3) is 0 Å². The molecule has 1 aromatic carbocycles. The van der Waals surface area contributed by atoms with E-state index in [2.05, 4.69) is 43.1 Å². The number of hydrogen-bond donors (Lipinski definition) is 4. The minimum atomic E-state index is -3.56. The van der Waals surface area contributed by atoms with Gasteiger partial charge in [0.1, 0.15) is 0 Å². The van der Waals surface area contributed by atoms with Crippen molar-refractivity contribution in [2.75, 3.05) is 19.7 Å². The Balaban J connectivity index is 1.98. The van der Waals surface area contributed by atoms with Crippen LogP contribution in [0.2, 0.25) is 0 Å².